The number of ether oxygens (including phenoxy) is 2. The van der Waals surface area contributed by atoms with Gasteiger partial charge in [-0.05, 0) is 42.0 Å². The Balaban J connectivity index is 1.44. The molecular formula is C25H17F2N5O2S. The SMILES string of the molecule is COc1ccc(-c2ccc3c(n2)-c2sc(-c4ncnn4-c4ccc(F)cc4F)cc2CCO3)cn1. The fourth-order valence-corrected chi connectivity index (χ4v) is 5.16. The molecule has 0 bridgehead atoms. The van der Waals surface area contributed by atoms with Crippen molar-refractivity contribution in [2.75, 3.05) is 13.7 Å². The Bertz CT molecular complexity index is 1550. The van der Waals surface area contributed by atoms with Gasteiger partial charge in [0.05, 0.1) is 29.2 Å². The monoisotopic (exact) mass is 489 g/mol. The van der Waals surface area contributed by atoms with Crippen molar-refractivity contribution in [2.24, 2.45) is 0 Å². The van der Waals surface area contributed by atoms with E-state index in [9.17, 15) is 8.78 Å². The highest BCUT2D eigenvalue weighted by Gasteiger charge is 2.24. The van der Waals surface area contributed by atoms with Crippen molar-refractivity contribution >= 4 is 11.3 Å². The van der Waals surface area contributed by atoms with Gasteiger partial charge in [-0.2, -0.15) is 5.10 Å². The number of halogens is 2. The molecule has 174 valence electrons. The van der Waals surface area contributed by atoms with Crippen molar-refractivity contribution in [2.45, 2.75) is 6.42 Å². The second-order valence-corrected chi connectivity index (χ2v) is 8.84. The third-order valence-corrected chi connectivity index (χ3v) is 6.84. The van der Waals surface area contributed by atoms with Crippen molar-refractivity contribution < 1.29 is 18.3 Å². The Morgan fingerprint density at radius 3 is 2.77 bits per heavy atom. The number of benzene rings is 1. The highest BCUT2D eigenvalue weighted by molar-refractivity contribution is 7.19. The van der Waals surface area contributed by atoms with Gasteiger partial charge in [0.15, 0.2) is 11.6 Å². The number of pyridine rings is 2. The van der Waals surface area contributed by atoms with E-state index in [1.807, 2.05) is 24.3 Å². The molecule has 0 fully saturated rings. The minimum Gasteiger partial charge on any atom is -0.491 e. The third kappa shape index (κ3) is 3.81. The molecule has 0 atom stereocenters. The van der Waals surface area contributed by atoms with Crippen molar-refractivity contribution in [3.63, 3.8) is 0 Å². The third-order valence-electron chi connectivity index (χ3n) is 5.66. The maximum atomic E-state index is 14.5. The maximum absolute atomic E-state index is 14.5. The van der Waals surface area contributed by atoms with Crippen LogP contribution >= 0.6 is 11.3 Å². The summed E-state index contributed by atoms with van der Waals surface area (Å²) in [6.07, 6.45) is 3.75. The highest BCUT2D eigenvalue weighted by Crippen LogP contribution is 2.43. The van der Waals surface area contributed by atoms with Crippen molar-refractivity contribution in [1.29, 1.82) is 0 Å². The summed E-state index contributed by atoms with van der Waals surface area (Å²) in [7, 11) is 1.57. The normalized spacial score (nSPS) is 12.4. The van der Waals surface area contributed by atoms with Crippen LogP contribution < -0.4 is 9.47 Å². The summed E-state index contributed by atoms with van der Waals surface area (Å²) in [5.41, 5.74) is 3.50. The number of nitrogens with zero attached hydrogens (tertiary/aromatic N) is 5. The van der Waals surface area contributed by atoms with Crippen LogP contribution in [0.2, 0.25) is 0 Å². The van der Waals surface area contributed by atoms with E-state index in [-0.39, 0.29) is 5.69 Å². The molecule has 0 N–H and O–H groups in total. The number of methoxy groups -OCH3 is 1. The number of rotatable bonds is 4. The average Bonchev–Trinajstić information content (AvgIpc) is 3.48. The lowest BCUT2D eigenvalue weighted by atomic mass is 10.1. The molecule has 5 heterocycles. The summed E-state index contributed by atoms with van der Waals surface area (Å²) in [5.74, 6) is 0.313. The van der Waals surface area contributed by atoms with Crippen molar-refractivity contribution in [3.8, 4) is 49.8 Å². The van der Waals surface area contributed by atoms with Crippen LogP contribution in [0.4, 0.5) is 8.78 Å². The van der Waals surface area contributed by atoms with E-state index in [4.69, 9.17) is 14.5 Å². The summed E-state index contributed by atoms with van der Waals surface area (Å²) >= 11 is 1.48. The molecule has 0 saturated heterocycles. The Morgan fingerprint density at radius 2 is 1.97 bits per heavy atom. The number of thiophene rings is 1. The summed E-state index contributed by atoms with van der Waals surface area (Å²) in [6.45, 7) is 0.501. The van der Waals surface area contributed by atoms with Gasteiger partial charge >= 0.3 is 0 Å². The molecule has 10 heteroatoms. The first-order valence-corrected chi connectivity index (χ1v) is 11.6. The molecule has 35 heavy (non-hydrogen) atoms. The van der Waals surface area contributed by atoms with Crippen LogP contribution in [0.3, 0.4) is 0 Å². The summed E-state index contributed by atoms with van der Waals surface area (Å²) in [6, 6.07) is 12.9. The standard InChI is InChI=1S/C25H17F2N5O2S/c1-33-22-7-2-15(12-28-22)18-4-6-20-23(31-18)24-14(8-9-34-20)10-21(35-24)25-29-13-30-32(25)19-5-3-16(26)11-17(19)27/h2-7,10-13H,8-9H2,1H3. The lowest BCUT2D eigenvalue weighted by Gasteiger charge is -2.09. The van der Waals surface area contributed by atoms with Crippen LogP contribution in [0, 0.1) is 11.6 Å². The van der Waals surface area contributed by atoms with Gasteiger partial charge in [0.25, 0.3) is 0 Å². The van der Waals surface area contributed by atoms with Gasteiger partial charge in [-0.15, -0.1) is 11.3 Å². The average molecular weight is 490 g/mol. The van der Waals surface area contributed by atoms with Gasteiger partial charge in [-0.1, -0.05) is 0 Å². The van der Waals surface area contributed by atoms with Crippen molar-refractivity contribution in [3.05, 3.63) is 78.3 Å². The predicted molar refractivity (Wildman–Crippen MR) is 127 cm³/mol. The van der Waals surface area contributed by atoms with Crippen LogP contribution in [0.5, 0.6) is 11.6 Å². The zero-order valence-electron chi connectivity index (χ0n) is 18.4. The van der Waals surface area contributed by atoms with Gasteiger partial charge in [-0.25, -0.2) is 28.4 Å². The predicted octanol–water partition coefficient (Wildman–Crippen LogP) is 5.34. The number of hydrogen-bond acceptors (Lipinski definition) is 7. The molecule has 0 spiro atoms. The molecule has 0 aliphatic carbocycles. The molecule has 1 aromatic carbocycles. The molecular weight excluding hydrogens is 472 g/mol. The van der Waals surface area contributed by atoms with E-state index >= 15 is 0 Å². The molecule has 0 amide bonds. The summed E-state index contributed by atoms with van der Waals surface area (Å²) < 4.78 is 40.4. The maximum Gasteiger partial charge on any atom is 0.212 e. The fraction of sp³-hybridized carbons (Fsp3) is 0.120. The smallest absolute Gasteiger partial charge is 0.212 e. The second kappa shape index (κ2) is 8.55. The number of hydrogen-bond donors (Lipinski definition) is 0. The first kappa shape index (κ1) is 21.4. The van der Waals surface area contributed by atoms with E-state index in [0.717, 1.165) is 38.3 Å². The second-order valence-electron chi connectivity index (χ2n) is 7.79. The minimum atomic E-state index is -0.715. The highest BCUT2D eigenvalue weighted by atomic mass is 32.1. The van der Waals surface area contributed by atoms with E-state index in [0.29, 0.717) is 30.5 Å². The Kier molecular flexibility index (Phi) is 5.22. The summed E-state index contributed by atoms with van der Waals surface area (Å²) in [4.78, 5) is 15.3. The van der Waals surface area contributed by atoms with Gasteiger partial charge in [-0.3, -0.25) is 0 Å². The fourth-order valence-electron chi connectivity index (χ4n) is 3.97. The number of fused-ring (bicyclic) bond motifs is 3. The first-order chi connectivity index (χ1) is 17.1. The Morgan fingerprint density at radius 1 is 1.06 bits per heavy atom. The summed E-state index contributed by atoms with van der Waals surface area (Å²) in [5, 5.41) is 4.18. The van der Waals surface area contributed by atoms with E-state index in [1.54, 1.807) is 19.4 Å². The van der Waals surface area contributed by atoms with Crippen LogP contribution in [-0.4, -0.2) is 38.4 Å². The minimum absolute atomic E-state index is 0.124. The molecule has 0 radical (unpaired) electrons. The van der Waals surface area contributed by atoms with Crippen LogP contribution in [0.15, 0.2) is 61.1 Å². The lowest BCUT2D eigenvalue weighted by molar-refractivity contribution is 0.325. The molecule has 7 nitrogen and oxygen atoms in total. The molecule has 0 saturated carbocycles. The van der Waals surface area contributed by atoms with E-state index < -0.39 is 11.6 Å². The van der Waals surface area contributed by atoms with Gasteiger partial charge < -0.3 is 9.47 Å². The molecule has 0 unspecified atom stereocenters. The topological polar surface area (TPSA) is 75.0 Å². The molecule has 5 aromatic rings. The number of aromatic nitrogens is 5. The molecule has 4 aromatic heterocycles. The van der Waals surface area contributed by atoms with Crippen LogP contribution in [-0.2, 0) is 6.42 Å². The zero-order chi connectivity index (χ0) is 23.9. The van der Waals surface area contributed by atoms with E-state index in [1.165, 1.54) is 34.5 Å². The van der Waals surface area contributed by atoms with Gasteiger partial charge in [0.2, 0.25) is 5.88 Å². The van der Waals surface area contributed by atoms with Gasteiger partial charge in [0, 0.05) is 30.3 Å². The molecule has 1 aliphatic rings. The molecule has 6 rings (SSSR count). The quantitative estimate of drug-likeness (QED) is 0.339. The Labute approximate surface area is 202 Å². The first-order valence-electron chi connectivity index (χ1n) is 10.7. The van der Waals surface area contributed by atoms with Crippen LogP contribution in [0.1, 0.15) is 5.56 Å². The van der Waals surface area contributed by atoms with E-state index in [2.05, 4.69) is 15.1 Å². The van der Waals surface area contributed by atoms with Gasteiger partial charge in [0.1, 0.15) is 29.3 Å². The molecule has 1 aliphatic heterocycles. The zero-order valence-corrected chi connectivity index (χ0v) is 19.2. The Hall–Kier alpha value is -4.18. The van der Waals surface area contributed by atoms with Crippen molar-refractivity contribution in [1.82, 2.24) is 24.7 Å². The van der Waals surface area contributed by atoms with Crippen LogP contribution in [0.25, 0.3) is 38.2 Å². The lowest BCUT2D eigenvalue weighted by Crippen LogP contribution is -2.02. The largest absolute Gasteiger partial charge is 0.491 e.